The predicted molar refractivity (Wildman–Crippen MR) is 78.6 cm³/mol. The Morgan fingerprint density at radius 1 is 1.24 bits per heavy atom. The first-order chi connectivity index (χ1) is 10.1. The molecule has 1 atom stereocenters. The highest BCUT2D eigenvalue weighted by Gasteiger charge is 2.45. The van der Waals surface area contributed by atoms with Crippen LogP contribution in [0.25, 0.3) is 0 Å². The molecule has 0 radical (unpaired) electrons. The van der Waals surface area contributed by atoms with Crippen molar-refractivity contribution in [3.63, 3.8) is 0 Å². The number of nitrogens with zero attached hydrogens (tertiary/aromatic N) is 1. The van der Waals surface area contributed by atoms with Gasteiger partial charge in [-0.15, -0.1) is 0 Å². The van der Waals surface area contributed by atoms with Gasteiger partial charge in [0.25, 0.3) is 0 Å². The third-order valence-electron chi connectivity index (χ3n) is 4.45. The lowest BCUT2D eigenvalue weighted by atomic mass is 9.87. The van der Waals surface area contributed by atoms with Crippen molar-refractivity contribution in [2.24, 2.45) is 11.8 Å². The number of nitrogens with one attached hydrogen (secondary N) is 1. The Morgan fingerprint density at radius 3 is 2.57 bits per heavy atom. The highest BCUT2D eigenvalue weighted by molar-refractivity contribution is 7.08. The minimum absolute atomic E-state index is 0.0803. The number of imide groups is 2. The second kappa shape index (κ2) is 5.60. The third-order valence-corrected chi connectivity index (χ3v) is 5.36. The quantitative estimate of drug-likeness (QED) is 0.872. The average Bonchev–Trinajstić information content (AvgIpc) is 3.07. The number of hydrogen-bond donors (Lipinski definition) is 1. The molecule has 0 aromatic carbocycles. The lowest BCUT2D eigenvalue weighted by Gasteiger charge is -2.32. The highest BCUT2D eigenvalue weighted by atomic mass is 32.1. The van der Waals surface area contributed by atoms with Gasteiger partial charge in [0.1, 0.15) is 5.92 Å². The Balaban J connectivity index is 1.82. The van der Waals surface area contributed by atoms with Crippen molar-refractivity contribution in [1.29, 1.82) is 0 Å². The van der Waals surface area contributed by atoms with Crippen LogP contribution in [0.5, 0.6) is 0 Å². The summed E-state index contributed by atoms with van der Waals surface area (Å²) in [5.74, 6) is -1.36. The molecule has 4 amide bonds. The van der Waals surface area contributed by atoms with Gasteiger partial charge in [-0.2, -0.15) is 11.3 Å². The van der Waals surface area contributed by atoms with Crippen molar-refractivity contribution >= 4 is 29.2 Å². The van der Waals surface area contributed by atoms with Crippen LogP contribution in [0.3, 0.4) is 0 Å². The van der Waals surface area contributed by atoms with E-state index in [9.17, 15) is 14.4 Å². The Kier molecular flexibility index (Phi) is 3.80. The molecule has 5 nitrogen and oxygen atoms in total. The standard InChI is InChI=1S/C15H18N2O3S/c1-9-7-21-8-11(9)6-17-14(19)12(10-4-2-3-5-10)13(18)16-15(17)20/h7-8,10,12H,2-6H2,1H3,(H,16,18,20). The summed E-state index contributed by atoms with van der Waals surface area (Å²) in [4.78, 5) is 37.8. The molecule has 1 aromatic heterocycles. The fraction of sp³-hybridized carbons (Fsp3) is 0.533. The van der Waals surface area contributed by atoms with Crippen molar-refractivity contribution in [3.8, 4) is 0 Å². The van der Waals surface area contributed by atoms with Crippen molar-refractivity contribution in [1.82, 2.24) is 10.2 Å². The molecular formula is C15H18N2O3S. The predicted octanol–water partition coefficient (Wildman–Crippen LogP) is 2.44. The molecule has 2 fully saturated rings. The van der Waals surface area contributed by atoms with Crippen LogP contribution in [0.4, 0.5) is 4.79 Å². The number of urea groups is 1. The minimum atomic E-state index is -0.691. The van der Waals surface area contributed by atoms with E-state index in [2.05, 4.69) is 5.32 Å². The minimum Gasteiger partial charge on any atom is -0.277 e. The third kappa shape index (κ3) is 2.60. The van der Waals surface area contributed by atoms with Gasteiger partial charge < -0.3 is 0 Å². The van der Waals surface area contributed by atoms with Gasteiger partial charge in [0.15, 0.2) is 0 Å². The van der Waals surface area contributed by atoms with Gasteiger partial charge in [0, 0.05) is 0 Å². The van der Waals surface area contributed by atoms with Crippen molar-refractivity contribution < 1.29 is 14.4 Å². The van der Waals surface area contributed by atoms with Crippen molar-refractivity contribution in [2.75, 3.05) is 0 Å². The number of carbonyl (C=O) groups excluding carboxylic acids is 3. The lowest BCUT2D eigenvalue weighted by molar-refractivity contribution is -0.145. The summed E-state index contributed by atoms with van der Waals surface area (Å²) < 4.78 is 0. The topological polar surface area (TPSA) is 66.5 Å². The van der Waals surface area contributed by atoms with Gasteiger partial charge >= 0.3 is 6.03 Å². The number of hydrogen-bond acceptors (Lipinski definition) is 4. The summed E-state index contributed by atoms with van der Waals surface area (Å²) in [6, 6.07) is -0.593. The Hall–Kier alpha value is -1.69. The maximum absolute atomic E-state index is 12.6. The fourth-order valence-corrected chi connectivity index (χ4v) is 4.05. The maximum atomic E-state index is 12.6. The number of thiophene rings is 1. The van der Waals surface area contributed by atoms with Crippen LogP contribution in [-0.4, -0.2) is 22.7 Å². The maximum Gasteiger partial charge on any atom is 0.331 e. The van der Waals surface area contributed by atoms with Crippen LogP contribution in [0, 0.1) is 18.8 Å². The van der Waals surface area contributed by atoms with Crippen LogP contribution in [0.1, 0.15) is 36.8 Å². The monoisotopic (exact) mass is 306 g/mol. The Morgan fingerprint density at radius 2 is 1.95 bits per heavy atom. The molecular weight excluding hydrogens is 288 g/mol. The molecule has 1 N–H and O–H groups in total. The molecule has 0 spiro atoms. The summed E-state index contributed by atoms with van der Waals surface area (Å²) in [6.45, 7) is 2.20. The second-order valence-electron chi connectivity index (χ2n) is 5.82. The zero-order chi connectivity index (χ0) is 15.0. The van der Waals surface area contributed by atoms with E-state index >= 15 is 0 Å². The van der Waals surface area contributed by atoms with Crippen LogP contribution in [0.2, 0.25) is 0 Å². The van der Waals surface area contributed by atoms with Crippen LogP contribution < -0.4 is 5.32 Å². The SMILES string of the molecule is Cc1cscc1CN1C(=O)NC(=O)C(C2CCCC2)C1=O. The van der Waals surface area contributed by atoms with Crippen LogP contribution in [0.15, 0.2) is 10.8 Å². The van der Waals surface area contributed by atoms with Crippen molar-refractivity contribution in [3.05, 3.63) is 21.9 Å². The molecule has 6 heteroatoms. The normalized spacial score (nSPS) is 23.8. The smallest absolute Gasteiger partial charge is 0.277 e. The first kappa shape index (κ1) is 14.3. The van der Waals surface area contributed by atoms with E-state index in [1.807, 2.05) is 17.7 Å². The summed E-state index contributed by atoms with van der Waals surface area (Å²) in [6.07, 6.45) is 3.89. The van der Waals surface area contributed by atoms with Crippen LogP contribution >= 0.6 is 11.3 Å². The van der Waals surface area contributed by atoms with Gasteiger partial charge in [-0.1, -0.05) is 12.8 Å². The van der Waals surface area contributed by atoms with E-state index < -0.39 is 17.9 Å². The number of rotatable bonds is 3. The summed E-state index contributed by atoms with van der Waals surface area (Å²) in [7, 11) is 0. The average molecular weight is 306 g/mol. The second-order valence-corrected chi connectivity index (χ2v) is 6.56. The number of aryl methyl sites for hydroxylation is 1. The molecule has 0 bridgehead atoms. The fourth-order valence-electron chi connectivity index (χ4n) is 3.21. The molecule has 2 heterocycles. The molecule has 1 unspecified atom stereocenters. The number of barbiturate groups is 1. The first-order valence-electron chi connectivity index (χ1n) is 7.26. The molecule has 1 saturated heterocycles. The molecule has 21 heavy (non-hydrogen) atoms. The first-order valence-corrected chi connectivity index (χ1v) is 8.20. The molecule has 2 aliphatic rings. The molecule has 1 aromatic rings. The molecule has 1 saturated carbocycles. The Bertz CT molecular complexity index is 589. The molecule has 3 rings (SSSR count). The highest BCUT2D eigenvalue weighted by Crippen LogP contribution is 2.34. The molecule has 112 valence electrons. The summed E-state index contributed by atoms with van der Waals surface area (Å²) >= 11 is 1.55. The van der Waals surface area contributed by atoms with Gasteiger partial charge in [-0.05, 0) is 47.6 Å². The van der Waals surface area contributed by atoms with Gasteiger partial charge in [0.05, 0.1) is 6.54 Å². The van der Waals surface area contributed by atoms with E-state index in [1.54, 1.807) is 11.3 Å². The van der Waals surface area contributed by atoms with Gasteiger partial charge in [-0.3, -0.25) is 19.8 Å². The van der Waals surface area contributed by atoms with Crippen molar-refractivity contribution in [2.45, 2.75) is 39.2 Å². The Labute approximate surface area is 127 Å². The van der Waals surface area contributed by atoms with E-state index in [1.165, 1.54) is 4.90 Å². The number of carbonyl (C=O) groups is 3. The van der Waals surface area contributed by atoms with Gasteiger partial charge in [-0.25, -0.2) is 4.79 Å². The largest absolute Gasteiger partial charge is 0.331 e. The van der Waals surface area contributed by atoms with E-state index in [0.29, 0.717) is 0 Å². The van der Waals surface area contributed by atoms with Gasteiger partial charge in [0.2, 0.25) is 11.8 Å². The van der Waals surface area contributed by atoms with E-state index in [-0.39, 0.29) is 18.4 Å². The molecule has 1 aliphatic heterocycles. The van der Waals surface area contributed by atoms with E-state index in [0.717, 1.165) is 36.8 Å². The zero-order valence-corrected chi connectivity index (χ0v) is 12.7. The summed E-state index contributed by atoms with van der Waals surface area (Å²) in [5.41, 5.74) is 2.03. The van der Waals surface area contributed by atoms with Crippen LogP contribution in [-0.2, 0) is 16.1 Å². The zero-order valence-electron chi connectivity index (χ0n) is 11.9. The van der Waals surface area contributed by atoms with E-state index in [4.69, 9.17) is 0 Å². The summed E-state index contributed by atoms with van der Waals surface area (Å²) in [5, 5.41) is 6.28. The molecule has 1 aliphatic carbocycles. The number of amides is 4. The lowest BCUT2D eigenvalue weighted by Crippen LogP contribution is -2.59.